The molecule has 0 saturated heterocycles. The Morgan fingerprint density at radius 1 is 1.32 bits per heavy atom. The van der Waals surface area contributed by atoms with E-state index in [9.17, 15) is 9.90 Å². The number of carbonyl (C=O) groups is 1. The van der Waals surface area contributed by atoms with Crippen LogP contribution in [-0.2, 0) is 17.3 Å². The van der Waals surface area contributed by atoms with Gasteiger partial charge in [-0.25, -0.2) is 0 Å². The third-order valence-corrected chi connectivity index (χ3v) is 4.28. The Kier molecular flexibility index (Phi) is 3.24. The van der Waals surface area contributed by atoms with E-state index in [1.54, 1.807) is 0 Å². The molecule has 2 heteroatoms. The molecule has 1 aromatic carbocycles. The van der Waals surface area contributed by atoms with Gasteiger partial charge in [-0.2, -0.15) is 0 Å². The van der Waals surface area contributed by atoms with Crippen molar-refractivity contribution in [3.8, 4) is 5.75 Å². The molecule has 1 aromatic rings. The number of benzene rings is 1. The Bertz CT molecular complexity index is 519. The number of aromatic hydroxyl groups is 1. The molecule has 104 valence electrons. The highest BCUT2D eigenvalue weighted by atomic mass is 16.3. The maximum absolute atomic E-state index is 11.4. The molecule has 0 amide bonds. The second kappa shape index (κ2) is 4.36. The zero-order valence-corrected chi connectivity index (χ0v) is 12.6. The van der Waals surface area contributed by atoms with Crippen LogP contribution in [0.3, 0.4) is 0 Å². The number of phenols is 1. The molecule has 0 spiro atoms. The zero-order valence-electron chi connectivity index (χ0n) is 12.6. The minimum Gasteiger partial charge on any atom is -0.507 e. The van der Waals surface area contributed by atoms with E-state index in [0.717, 1.165) is 47.8 Å². The monoisotopic (exact) mass is 260 g/mol. The van der Waals surface area contributed by atoms with E-state index in [1.165, 1.54) is 0 Å². The molecule has 0 aliphatic heterocycles. The van der Waals surface area contributed by atoms with Crippen molar-refractivity contribution in [1.29, 1.82) is 0 Å². The fourth-order valence-electron chi connectivity index (χ4n) is 3.24. The van der Waals surface area contributed by atoms with Crippen LogP contribution >= 0.6 is 0 Å². The maximum atomic E-state index is 11.4. The predicted octanol–water partition coefficient (Wildman–Crippen LogP) is 4.12. The second-order valence-electron chi connectivity index (χ2n) is 7.32. The predicted molar refractivity (Wildman–Crippen MR) is 78.2 cm³/mol. The van der Waals surface area contributed by atoms with E-state index in [0.29, 0.717) is 5.75 Å². The van der Waals surface area contributed by atoms with Crippen molar-refractivity contribution < 1.29 is 9.90 Å². The molecule has 0 aromatic heterocycles. The number of carbonyl (C=O) groups excluding carboxylic acids is 1. The highest BCUT2D eigenvalue weighted by Gasteiger charge is 2.35. The Labute approximate surface area is 115 Å². The first kappa shape index (κ1) is 14.1. The summed E-state index contributed by atoms with van der Waals surface area (Å²) in [6, 6.07) is 1.88. The standard InChI is InChI=1S/C17H24O2/c1-16(2,3)13-9-11(10-18)12-7-6-8-17(4,5)14(12)15(13)19/h9-10,19H,6-8H2,1-5H3. The first-order chi connectivity index (χ1) is 8.68. The van der Waals surface area contributed by atoms with Crippen LogP contribution in [0.2, 0.25) is 0 Å². The van der Waals surface area contributed by atoms with Gasteiger partial charge in [0.1, 0.15) is 12.0 Å². The molecular weight excluding hydrogens is 236 g/mol. The van der Waals surface area contributed by atoms with Crippen molar-refractivity contribution in [2.24, 2.45) is 0 Å². The van der Waals surface area contributed by atoms with Gasteiger partial charge in [0.25, 0.3) is 0 Å². The van der Waals surface area contributed by atoms with Crippen molar-refractivity contribution >= 4 is 6.29 Å². The van der Waals surface area contributed by atoms with Gasteiger partial charge < -0.3 is 5.11 Å². The lowest BCUT2D eigenvalue weighted by atomic mass is 9.69. The minimum atomic E-state index is -0.162. The average Bonchev–Trinajstić information content (AvgIpc) is 2.26. The molecule has 0 radical (unpaired) electrons. The van der Waals surface area contributed by atoms with E-state index in [2.05, 4.69) is 34.6 Å². The first-order valence-corrected chi connectivity index (χ1v) is 7.03. The molecule has 1 N–H and O–H groups in total. The Morgan fingerprint density at radius 2 is 1.95 bits per heavy atom. The molecule has 0 unspecified atom stereocenters. The molecule has 2 nitrogen and oxygen atoms in total. The Hall–Kier alpha value is -1.31. The van der Waals surface area contributed by atoms with E-state index >= 15 is 0 Å². The van der Waals surface area contributed by atoms with Gasteiger partial charge in [0.15, 0.2) is 0 Å². The molecule has 0 atom stereocenters. The van der Waals surface area contributed by atoms with Gasteiger partial charge in [0.2, 0.25) is 0 Å². The normalized spacial score (nSPS) is 17.9. The molecule has 0 bridgehead atoms. The third-order valence-electron chi connectivity index (χ3n) is 4.28. The van der Waals surface area contributed by atoms with Crippen LogP contribution in [-0.4, -0.2) is 11.4 Å². The maximum Gasteiger partial charge on any atom is 0.150 e. The number of rotatable bonds is 1. The lowest BCUT2D eigenvalue weighted by Crippen LogP contribution is -2.27. The number of aldehydes is 1. The zero-order chi connectivity index (χ0) is 14.4. The van der Waals surface area contributed by atoms with Crippen LogP contribution in [0.4, 0.5) is 0 Å². The molecule has 0 fully saturated rings. The summed E-state index contributed by atoms with van der Waals surface area (Å²) < 4.78 is 0. The highest BCUT2D eigenvalue weighted by molar-refractivity contribution is 5.80. The molecule has 1 aliphatic carbocycles. The Balaban J connectivity index is 2.81. The largest absolute Gasteiger partial charge is 0.507 e. The summed E-state index contributed by atoms with van der Waals surface area (Å²) in [5.41, 5.74) is 3.46. The van der Waals surface area contributed by atoms with E-state index in [4.69, 9.17) is 0 Å². The van der Waals surface area contributed by atoms with Crippen molar-refractivity contribution in [3.63, 3.8) is 0 Å². The number of fused-ring (bicyclic) bond motifs is 1. The summed E-state index contributed by atoms with van der Waals surface area (Å²) in [5, 5.41) is 10.7. The fourth-order valence-corrected chi connectivity index (χ4v) is 3.24. The van der Waals surface area contributed by atoms with Crippen molar-refractivity contribution in [2.75, 3.05) is 0 Å². The summed E-state index contributed by atoms with van der Waals surface area (Å²) in [5.74, 6) is 0.401. The number of hydrogen-bond acceptors (Lipinski definition) is 2. The molecule has 2 rings (SSSR count). The van der Waals surface area contributed by atoms with Crippen LogP contribution in [0.25, 0.3) is 0 Å². The van der Waals surface area contributed by atoms with Crippen LogP contribution < -0.4 is 0 Å². The van der Waals surface area contributed by atoms with Gasteiger partial charge in [-0.3, -0.25) is 4.79 Å². The summed E-state index contributed by atoms with van der Waals surface area (Å²) in [6.07, 6.45) is 3.97. The van der Waals surface area contributed by atoms with Crippen LogP contribution in [0, 0.1) is 0 Å². The molecule has 0 saturated carbocycles. The number of phenolic OH excluding ortho intramolecular Hbond substituents is 1. The van der Waals surface area contributed by atoms with E-state index in [1.807, 2.05) is 6.07 Å². The van der Waals surface area contributed by atoms with Gasteiger partial charge in [0.05, 0.1) is 0 Å². The van der Waals surface area contributed by atoms with Gasteiger partial charge in [-0.15, -0.1) is 0 Å². The first-order valence-electron chi connectivity index (χ1n) is 7.03. The van der Waals surface area contributed by atoms with Crippen molar-refractivity contribution in [1.82, 2.24) is 0 Å². The Morgan fingerprint density at radius 3 is 2.47 bits per heavy atom. The minimum absolute atomic E-state index is 0.0588. The van der Waals surface area contributed by atoms with Gasteiger partial charge in [0, 0.05) is 16.7 Å². The smallest absolute Gasteiger partial charge is 0.150 e. The van der Waals surface area contributed by atoms with E-state index < -0.39 is 0 Å². The van der Waals surface area contributed by atoms with E-state index in [-0.39, 0.29) is 10.8 Å². The summed E-state index contributed by atoms with van der Waals surface area (Å²) in [7, 11) is 0. The van der Waals surface area contributed by atoms with Gasteiger partial charge >= 0.3 is 0 Å². The molecule has 19 heavy (non-hydrogen) atoms. The van der Waals surface area contributed by atoms with Gasteiger partial charge in [-0.1, -0.05) is 34.6 Å². The quantitative estimate of drug-likeness (QED) is 0.771. The topological polar surface area (TPSA) is 37.3 Å². The SMILES string of the molecule is CC(C)(C)c1cc(C=O)c2c(c1O)C(C)(C)CCC2. The van der Waals surface area contributed by atoms with Crippen LogP contribution in [0.5, 0.6) is 5.75 Å². The summed E-state index contributed by atoms with van der Waals surface area (Å²) >= 11 is 0. The van der Waals surface area contributed by atoms with Crippen LogP contribution in [0.1, 0.15) is 74.5 Å². The lowest BCUT2D eigenvalue weighted by Gasteiger charge is -2.36. The average molecular weight is 260 g/mol. The number of hydrogen-bond donors (Lipinski definition) is 1. The summed E-state index contributed by atoms with van der Waals surface area (Å²) in [6.45, 7) is 10.5. The van der Waals surface area contributed by atoms with Crippen LogP contribution in [0.15, 0.2) is 6.07 Å². The van der Waals surface area contributed by atoms with Crippen molar-refractivity contribution in [2.45, 2.75) is 64.7 Å². The third kappa shape index (κ3) is 2.29. The molecular formula is C17H24O2. The van der Waals surface area contributed by atoms with Crippen molar-refractivity contribution in [3.05, 3.63) is 28.3 Å². The fraction of sp³-hybridized carbons (Fsp3) is 0.588. The highest BCUT2D eigenvalue weighted by Crippen LogP contribution is 2.46. The molecule has 1 aliphatic rings. The van der Waals surface area contributed by atoms with Gasteiger partial charge in [-0.05, 0) is 41.7 Å². The molecule has 0 heterocycles. The second-order valence-corrected chi connectivity index (χ2v) is 7.32. The lowest BCUT2D eigenvalue weighted by molar-refractivity contribution is 0.112. The summed E-state index contributed by atoms with van der Waals surface area (Å²) in [4.78, 5) is 11.4.